The Labute approximate surface area is 116 Å². The molecule has 20 heavy (non-hydrogen) atoms. The van der Waals surface area contributed by atoms with Gasteiger partial charge in [-0.2, -0.15) is 13.2 Å². The van der Waals surface area contributed by atoms with E-state index in [-0.39, 0.29) is 5.56 Å². The predicted molar refractivity (Wildman–Crippen MR) is 70.5 cm³/mol. The van der Waals surface area contributed by atoms with Crippen LogP contribution in [0.4, 0.5) is 18.9 Å². The van der Waals surface area contributed by atoms with E-state index in [0.29, 0.717) is 17.6 Å². The van der Waals surface area contributed by atoms with E-state index >= 15 is 0 Å². The highest BCUT2D eigenvalue weighted by Crippen LogP contribution is 2.40. The van der Waals surface area contributed by atoms with Crippen molar-refractivity contribution in [3.05, 3.63) is 29.3 Å². The number of aliphatic hydroxyl groups excluding tert-OH is 1. The van der Waals surface area contributed by atoms with Crippen molar-refractivity contribution in [2.45, 2.75) is 44.5 Å². The fourth-order valence-corrected chi connectivity index (χ4v) is 2.57. The molecule has 0 unspecified atom stereocenters. The zero-order valence-corrected chi connectivity index (χ0v) is 11.2. The molecule has 0 saturated heterocycles. The van der Waals surface area contributed by atoms with Gasteiger partial charge in [-0.25, -0.2) is 0 Å². The molecule has 110 valence electrons. The van der Waals surface area contributed by atoms with Gasteiger partial charge in [0.25, 0.3) is 0 Å². The summed E-state index contributed by atoms with van der Waals surface area (Å²) >= 11 is 0. The number of benzene rings is 1. The molecule has 0 aliphatic heterocycles. The Morgan fingerprint density at radius 1 is 1.15 bits per heavy atom. The van der Waals surface area contributed by atoms with Crippen LogP contribution in [0.5, 0.6) is 0 Å². The van der Waals surface area contributed by atoms with E-state index < -0.39 is 18.3 Å². The van der Waals surface area contributed by atoms with Crippen LogP contribution in [0.3, 0.4) is 0 Å². The van der Waals surface area contributed by atoms with Gasteiger partial charge >= 0.3 is 6.18 Å². The standard InChI is InChI=1S/C15H18F3NO/c16-15(17,18)14-7-13(4-3-11(14)9-20)19(12-5-6-12)8-10-1-2-10/h3-4,7,10,12,20H,1-2,5-6,8-9H2. The number of hydrogen-bond acceptors (Lipinski definition) is 2. The largest absolute Gasteiger partial charge is 0.416 e. The average molecular weight is 285 g/mol. The summed E-state index contributed by atoms with van der Waals surface area (Å²) < 4.78 is 39.1. The molecular formula is C15H18F3NO. The van der Waals surface area contributed by atoms with Gasteiger partial charge < -0.3 is 10.0 Å². The van der Waals surface area contributed by atoms with Crippen LogP contribution in [-0.2, 0) is 12.8 Å². The first kappa shape index (κ1) is 13.7. The first-order valence-electron chi connectivity index (χ1n) is 7.06. The van der Waals surface area contributed by atoms with Gasteiger partial charge in [0.05, 0.1) is 12.2 Å². The Bertz CT molecular complexity index is 492. The first-order chi connectivity index (χ1) is 9.49. The highest BCUT2D eigenvalue weighted by atomic mass is 19.4. The maximum atomic E-state index is 13.0. The van der Waals surface area contributed by atoms with Gasteiger partial charge in [-0.3, -0.25) is 0 Å². The molecule has 2 fully saturated rings. The van der Waals surface area contributed by atoms with Gasteiger partial charge in [0.15, 0.2) is 0 Å². The van der Waals surface area contributed by atoms with E-state index in [0.717, 1.165) is 19.4 Å². The molecule has 2 saturated carbocycles. The lowest BCUT2D eigenvalue weighted by Gasteiger charge is -2.26. The summed E-state index contributed by atoms with van der Waals surface area (Å²) in [5, 5.41) is 9.07. The summed E-state index contributed by atoms with van der Waals surface area (Å²) in [5.74, 6) is 0.641. The molecule has 2 aliphatic rings. The lowest BCUT2D eigenvalue weighted by Crippen LogP contribution is -2.28. The molecule has 0 atom stereocenters. The third kappa shape index (κ3) is 2.92. The van der Waals surface area contributed by atoms with Crippen LogP contribution in [0.1, 0.15) is 36.8 Å². The summed E-state index contributed by atoms with van der Waals surface area (Å²) in [7, 11) is 0. The van der Waals surface area contributed by atoms with Gasteiger partial charge in [-0.15, -0.1) is 0 Å². The third-order valence-electron chi connectivity index (χ3n) is 4.04. The Morgan fingerprint density at radius 2 is 1.85 bits per heavy atom. The number of hydrogen-bond donors (Lipinski definition) is 1. The molecule has 3 rings (SSSR count). The number of rotatable bonds is 5. The van der Waals surface area contributed by atoms with E-state index in [2.05, 4.69) is 4.90 Å². The molecule has 1 aromatic carbocycles. The highest BCUT2D eigenvalue weighted by Gasteiger charge is 2.37. The van der Waals surface area contributed by atoms with Crippen molar-refractivity contribution in [1.29, 1.82) is 0 Å². The molecule has 0 heterocycles. The van der Waals surface area contributed by atoms with Crippen LogP contribution >= 0.6 is 0 Å². The molecule has 5 heteroatoms. The average Bonchev–Trinajstić information content (AvgIpc) is 3.26. The molecule has 0 bridgehead atoms. The second-order valence-electron chi connectivity index (χ2n) is 5.82. The van der Waals surface area contributed by atoms with E-state index in [1.54, 1.807) is 6.07 Å². The minimum atomic E-state index is -4.41. The first-order valence-corrected chi connectivity index (χ1v) is 7.06. The zero-order valence-electron chi connectivity index (χ0n) is 11.2. The minimum Gasteiger partial charge on any atom is -0.392 e. The molecule has 2 aliphatic carbocycles. The molecule has 2 nitrogen and oxygen atoms in total. The van der Waals surface area contributed by atoms with E-state index in [4.69, 9.17) is 5.11 Å². The van der Waals surface area contributed by atoms with Crippen LogP contribution in [-0.4, -0.2) is 17.7 Å². The van der Waals surface area contributed by atoms with E-state index in [1.165, 1.54) is 25.0 Å². The summed E-state index contributed by atoms with van der Waals surface area (Å²) in [6.07, 6.45) is 0.0860. The summed E-state index contributed by atoms with van der Waals surface area (Å²) in [6, 6.07) is 4.71. The number of alkyl halides is 3. The van der Waals surface area contributed by atoms with Gasteiger partial charge in [-0.1, -0.05) is 6.07 Å². The molecule has 0 amide bonds. The monoisotopic (exact) mass is 285 g/mol. The topological polar surface area (TPSA) is 23.5 Å². The SMILES string of the molecule is OCc1ccc(N(CC2CC2)C2CC2)cc1C(F)(F)F. The highest BCUT2D eigenvalue weighted by molar-refractivity contribution is 5.53. The molecule has 0 aromatic heterocycles. The zero-order chi connectivity index (χ0) is 14.3. The quantitative estimate of drug-likeness (QED) is 0.894. The molecular weight excluding hydrogens is 267 g/mol. The summed E-state index contributed by atoms with van der Waals surface area (Å²) in [4.78, 5) is 2.12. The molecule has 1 N–H and O–H groups in total. The predicted octanol–water partition coefficient (Wildman–Crippen LogP) is 3.58. The second-order valence-corrected chi connectivity index (χ2v) is 5.82. The molecule has 1 aromatic rings. The maximum Gasteiger partial charge on any atom is 0.416 e. The van der Waals surface area contributed by atoms with Crippen LogP contribution < -0.4 is 4.90 Å². The van der Waals surface area contributed by atoms with Gasteiger partial charge in [0.1, 0.15) is 0 Å². The lowest BCUT2D eigenvalue weighted by atomic mass is 10.1. The molecule has 0 spiro atoms. The van der Waals surface area contributed by atoms with Crippen LogP contribution in [0.15, 0.2) is 18.2 Å². The normalized spacial score (nSPS) is 19.2. The lowest BCUT2D eigenvalue weighted by molar-refractivity contribution is -0.138. The van der Waals surface area contributed by atoms with Crippen LogP contribution in [0.2, 0.25) is 0 Å². The third-order valence-corrected chi connectivity index (χ3v) is 4.04. The Morgan fingerprint density at radius 3 is 2.35 bits per heavy atom. The van der Waals surface area contributed by atoms with Crippen molar-refractivity contribution >= 4 is 5.69 Å². The van der Waals surface area contributed by atoms with Gasteiger partial charge in [-0.05, 0) is 49.3 Å². The van der Waals surface area contributed by atoms with E-state index in [1.807, 2.05) is 0 Å². The molecule has 0 radical (unpaired) electrons. The fourth-order valence-electron chi connectivity index (χ4n) is 2.57. The van der Waals surface area contributed by atoms with Gasteiger partial charge in [0, 0.05) is 18.3 Å². The number of nitrogens with zero attached hydrogens (tertiary/aromatic N) is 1. The number of aliphatic hydroxyl groups is 1. The Kier molecular flexibility index (Phi) is 3.40. The number of anilines is 1. The van der Waals surface area contributed by atoms with Crippen molar-refractivity contribution in [1.82, 2.24) is 0 Å². The Hall–Kier alpha value is -1.23. The maximum absolute atomic E-state index is 13.0. The van der Waals surface area contributed by atoms with E-state index in [9.17, 15) is 13.2 Å². The Balaban J connectivity index is 1.91. The van der Waals surface area contributed by atoms with Crippen LogP contribution in [0, 0.1) is 5.92 Å². The summed E-state index contributed by atoms with van der Waals surface area (Å²) in [5.41, 5.74) is -0.119. The smallest absolute Gasteiger partial charge is 0.392 e. The van der Waals surface area contributed by atoms with Crippen molar-refractivity contribution in [2.75, 3.05) is 11.4 Å². The van der Waals surface area contributed by atoms with Crippen molar-refractivity contribution in [3.63, 3.8) is 0 Å². The number of halogens is 3. The second kappa shape index (κ2) is 4.95. The minimum absolute atomic E-state index is 0.0524. The van der Waals surface area contributed by atoms with Crippen molar-refractivity contribution < 1.29 is 18.3 Å². The van der Waals surface area contributed by atoms with Gasteiger partial charge in [0.2, 0.25) is 0 Å². The van der Waals surface area contributed by atoms with Crippen molar-refractivity contribution in [3.8, 4) is 0 Å². The van der Waals surface area contributed by atoms with Crippen molar-refractivity contribution in [2.24, 2.45) is 5.92 Å². The van der Waals surface area contributed by atoms with Crippen LogP contribution in [0.25, 0.3) is 0 Å². The summed E-state index contributed by atoms with van der Waals surface area (Å²) in [6.45, 7) is 0.279. The fraction of sp³-hybridized carbons (Fsp3) is 0.600.